The molecule has 0 fully saturated rings. The molecule has 0 bridgehead atoms. The van der Waals surface area contributed by atoms with Crippen molar-refractivity contribution in [1.82, 2.24) is 5.43 Å². The molecule has 0 aliphatic rings. The second kappa shape index (κ2) is 4.13. The van der Waals surface area contributed by atoms with E-state index in [1.807, 2.05) is 0 Å². The van der Waals surface area contributed by atoms with Crippen LogP contribution in [0.2, 0.25) is 0 Å². The van der Waals surface area contributed by atoms with E-state index >= 15 is 0 Å². The van der Waals surface area contributed by atoms with E-state index in [0.717, 1.165) is 0 Å². The average molecular weight is 222 g/mol. The van der Waals surface area contributed by atoms with E-state index in [1.165, 1.54) is 0 Å². The summed E-state index contributed by atoms with van der Waals surface area (Å²) in [6.07, 6.45) is 0. The number of halogens is 4. The van der Waals surface area contributed by atoms with Crippen LogP contribution in [0.15, 0.2) is 11.1 Å². The lowest BCUT2D eigenvalue weighted by atomic mass is 10.2. The maximum absolute atomic E-state index is 12.9. The number of benzene rings is 1. The third-order valence-corrected chi connectivity index (χ3v) is 1.47. The van der Waals surface area contributed by atoms with Crippen molar-refractivity contribution in [2.45, 2.75) is 0 Å². The number of nitrogens with zero attached hydrogens (tertiary/aromatic N) is 1. The zero-order chi connectivity index (χ0) is 11.6. The zero-order valence-corrected chi connectivity index (χ0v) is 7.19. The van der Waals surface area contributed by atoms with Crippen LogP contribution < -0.4 is 17.0 Å². The number of nitrogens with one attached hydrogen (secondary N) is 1. The standard InChI is InChI=1S/C7H6F4N4/c8-2-1-3(9)5(11)6(4(2)10)14-7(12)15-13/h1H,13H2,(H3,12,14,15). The highest BCUT2D eigenvalue weighted by Crippen LogP contribution is 2.26. The summed E-state index contributed by atoms with van der Waals surface area (Å²) in [7, 11) is 0. The molecule has 4 nitrogen and oxygen atoms in total. The zero-order valence-electron chi connectivity index (χ0n) is 7.19. The molecule has 1 aromatic carbocycles. The first-order chi connectivity index (χ1) is 6.97. The molecule has 5 N–H and O–H groups in total. The van der Waals surface area contributed by atoms with Crippen LogP contribution in [-0.4, -0.2) is 5.96 Å². The van der Waals surface area contributed by atoms with Crippen LogP contribution >= 0.6 is 0 Å². The molecular weight excluding hydrogens is 216 g/mol. The number of hydrazine groups is 1. The highest BCUT2D eigenvalue weighted by molar-refractivity contribution is 5.80. The Morgan fingerprint density at radius 2 is 1.60 bits per heavy atom. The molecule has 0 aliphatic heterocycles. The van der Waals surface area contributed by atoms with E-state index in [4.69, 9.17) is 11.6 Å². The van der Waals surface area contributed by atoms with Crippen molar-refractivity contribution in [1.29, 1.82) is 0 Å². The second-order valence-corrected chi connectivity index (χ2v) is 2.46. The minimum absolute atomic E-state index is 0.0652. The van der Waals surface area contributed by atoms with Crippen molar-refractivity contribution in [3.05, 3.63) is 29.3 Å². The van der Waals surface area contributed by atoms with Crippen LogP contribution in [0.4, 0.5) is 23.2 Å². The summed E-state index contributed by atoms with van der Waals surface area (Å²) in [6, 6.07) is 0.0652. The fraction of sp³-hybridized carbons (Fsp3) is 0. The molecule has 0 amide bonds. The predicted molar refractivity (Wildman–Crippen MR) is 44.9 cm³/mol. The summed E-state index contributed by atoms with van der Waals surface area (Å²) < 4.78 is 51.1. The first-order valence-corrected chi connectivity index (χ1v) is 3.61. The van der Waals surface area contributed by atoms with Gasteiger partial charge in [-0.05, 0) is 0 Å². The molecule has 0 saturated carbocycles. The van der Waals surface area contributed by atoms with Crippen molar-refractivity contribution in [3.8, 4) is 0 Å². The Hall–Kier alpha value is -1.83. The van der Waals surface area contributed by atoms with Gasteiger partial charge in [-0.25, -0.2) is 28.4 Å². The van der Waals surface area contributed by atoms with Gasteiger partial charge in [-0.1, -0.05) is 0 Å². The lowest BCUT2D eigenvalue weighted by Crippen LogP contribution is -2.36. The molecule has 0 saturated heterocycles. The Balaban J connectivity index is 3.40. The maximum Gasteiger partial charge on any atom is 0.208 e. The minimum Gasteiger partial charge on any atom is -0.369 e. The summed E-state index contributed by atoms with van der Waals surface area (Å²) in [6.45, 7) is 0. The minimum atomic E-state index is -1.65. The Morgan fingerprint density at radius 3 is 2.00 bits per heavy atom. The van der Waals surface area contributed by atoms with Gasteiger partial charge >= 0.3 is 0 Å². The molecular formula is C7H6F4N4. The number of nitrogens with two attached hydrogens (primary N) is 2. The molecule has 0 heterocycles. The van der Waals surface area contributed by atoms with E-state index in [1.54, 1.807) is 5.43 Å². The maximum atomic E-state index is 12.9. The van der Waals surface area contributed by atoms with Gasteiger partial charge in [-0.15, -0.1) is 0 Å². The summed E-state index contributed by atoms with van der Waals surface area (Å²) in [5.41, 5.74) is 5.56. The van der Waals surface area contributed by atoms with Crippen molar-refractivity contribution in [3.63, 3.8) is 0 Å². The Bertz CT molecular complexity index is 392. The lowest BCUT2D eigenvalue weighted by molar-refractivity contribution is 0.457. The molecule has 1 aromatic rings. The molecule has 1 rings (SSSR count). The SMILES string of the molecule is NNC(N)=Nc1c(F)c(F)cc(F)c1F. The smallest absolute Gasteiger partial charge is 0.208 e. The fourth-order valence-electron chi connectivity index (χ4n) is 0.811. The first-order valence-electron chi connectivity index (χ1n) is 3.61. The molecule has 8 heteroatoms. The Labute approximate surface area is 81.6 Å². The van der Waals surface area contributed by atoms with Crippen LogP contribution in [-0.2, 0) is 0 Å². The summed E-state index contributed by atoms with van der Waals surface area (Å²) in [5, 5.41) is 0. The van der Waals surface area contributed by atoms with Crippen LogP contribution in [0.25, 0.3) is 0 Å². The monoisotopic (exact) mass is 222 g/mol. The molecule has 0 unspecified atom stereocenters. The average Bonchev–Trinajstić information content (AvgIpc) is 2.21. The molecule has 15 heavy (non-hydrogen) atoms. The molecule has 0 atom stereocenters. The predicted octanol–water partition coefficient (Wildman–Crippen LogP) is 0.652. The third kappa shape index (κ3) is 2.15. The second-order valence-electron chi connectivity index (χ2n) is 2.46. The molecule has 0 aromatic heterocycles. The molecule has 82 valence electrons. The van der Waals surface area contributed by atoms with Crippen molar-refractivity contribution in [2.75, 3.05) is 0 Å². The van der Waals surface area contributed by atoms with Gasteiger partial charge in [0.1, 0.15) is 5.69 Å². The van der Waals surface area contributed by atoms with Gasteiger partial charge in [0, 0.05) is 6.07 Å². The number of aliphatic imine (C=N–C) groups is 1. The quantitative estimate of drug-likeness (QED) is 0.163. The van der Waals surface area contributed by atoms with Crippen LogP contribution in [0, 0.1) is 23.3 Å². The number of hydrogen-bond donors (Lipinski definition) is 3. The molecule has 0 aliphatic carbocycles. The van der Waals surface area contributed by atoms with E-state index in [2.05, 4.69) is 4.99 Å². The first kappa shape index (κ1) is 11.2. The lowest BCUT2D eigenvalue weighted by Gasteiger charge is -2.03. The highest BCUT2D eigenvalue weighted by Gasteiger charge is 2.18. The van der Waals surface area contributed by atoms with Gasteiger partial charge in [0.25, 0.3) is 0 Å². The van der Waals surface area contributed by atoms with Crippen molar-refractivity contribution >= 4 is 11.6 Å². The van der Waals surface area contributed by atoms with Crippen molar-refractivity contribution in [2.24, 2.45) is 16.6 Å². The van der Waals surface area contributed by atoms with E-state index in [9.17, 15) is 17.6 Å². The number of guanidine groups is 1. The van der Waals surface area contributed by atoms with Gasteiger partial charge in [0.2, 0.25) is 5.96 Å². The van der Waals surface area contributed by atoms with Gasteiger partial charge in [-0.2, -0.15) is 0 Å². The third-order valence-electron chi connectivity index (χ3n) is 1.47. The van der Waals surface area contributed by atoms with Gasteiger partial charge < -0.3 is 5.73 Å². The normalized spacial score (nSPS) is 11.7. The Kier molecular flexibility index (Phi) is 3.10. The summed E-state index contributed by atoms with van der Waals surface area (Å²) >= 11 is 0. The largest absolute Gasteiger partial charge is 0.369 e. The molecule has 0 radical (unpaired) electrons. The molecule has 0 spiro atoms. The van der Waals surface area contributed by atoms with E-state index in [-0.39, 0.29) is 6.07 Å². The van der Waals surface area contributed by atoms with Crippen molar-refractivity contribution < 1.29 is 17.6 Å². The van der Waals surface area contributed by atoms with E-state index in [0.29, 0.717) is 0 Å². The highest BCUT2D eigenvalue weighted by atomic mass is 19.2. The van der Waals surface area contributed by atoms with Gasteiger partial charge in [0.05, 0.1) is 0 Å². The Morgan fingerprint density at radius 1 is 1.13 bits per heavy atom. The van der Waals surface area contributed by atoms with E-state index < -0.39 is 34.9 Å². The number of rotatable bonds is 1. The number of hydrogen-bond acceptors (Lipinski definition) is 2. The topological polar surface area (TPSA) is 76.4 Å². The summed E-state index contributed by atoms with van der Waals surface area (Å²) in [4.78, 5) is 3.03. The van der Waals surface area contributed by atoms with Crippen LogP contribution in [0.3, 0.4) is 0 Å². The fourth-order valence-corrected chi connectivity index (χ4v) is 0.811. The summed E-state index contributed by atoms with van der Waals surface area (Å²) in [5.74, 6) is -2.26. The van der Waals surface area contributed by atoms with Crippen LogP contribution in [0.5, 0.6) is 0 Å². The van der Waals surface area contributed by atoms with Crippen LogP contribution in [0.1, 0.15) is 0 Å². The van der Waals surface area contributed by atoms with Gasteiger partial charge in [0.15, 0.2) is 23.3 Å². The van der Waals surface area contributed by atoms with Gasteiger partial charge in [-0.3, -0.25) is 5.43 Å².